The van der Waals surface area contributed by atoms with Crippen molar-refractivity contribution >= 4 is 27.2 Å². The van der Waals surface area contributed by atoms with Crippen molar-refractivity contribution in [2.75, 3.05) is 0 Å². The number of benzene rings is 3. The van der Waals surface area contributed by atoms with Crippen molar-refractivity contribution < 1.29 is 18.3 Å². The van der Waals surface area contributed by atoms with E-state index in [1.807, 2.05) is 0 Å². The highest BCUT2D eigenvalue weighted by Gasteiger charge is 2.14. The van der Waals surface area contributed by atoms with Crippen molar-refractivity contribution in [1.82, 2.24) is 0 Å². The molecule has 1 N–H and O–H groups in total. The van der Waals surface area contributed by atoms with Gasteiger partial charge in [-0.1, -0.05) is 78.9 Å². The SMILES string of the molecule is O=C(O)CC(N=S(=O)=O)c1ccccc1.c1ccc2ccccc2c1. The molecule has 3 rings (SSSR count). The summed E-state index contributed by atoms with van der Waals surface area (Å²) < 4.78 is 24.1. The largest absolute Gasteiger partial charge is 0.481 e. The molecule has 25 heavy (non-hydrogen) atoms. The van der Waals surface area contributed by atoms with Crippen molar-refractivity contribution in [1.29, 1.82) is 0 Å². The first-order chi connectivity index (χ1) is 12.1. The summed E-state index contributed by atoms with van der Waals surface area (Å²) in [6.45, 7) is 0. The molecule has 0 spiro atoms. The Morgan fingerprint density at radius 3 is 1.68 bits per heavy atom. The van der Waals surface area contributed by atoms with Gasteiger partial charge in [-0.2, -0.15) is 12.8 Å². The van der Waals surface area contributed by atoms with E-state index < -0.39 is 22.5 Å². The minimum Gasteiger partial charge on any atom is -0.481 e. The molecule has 3 aromatic carbocycles. The van der Waals surface area contributed by atoms with E-state index in [-0.39, 0.29) is 6.42 Å². The van der Waals surface area contributed by atoms with E-state index in [1.165, 1.54) is 10.8 Å². The molecule has 0 aromatic heterocycles. The van der Waals surface area contributed by atoms with Crippen molar-refractivity contribution in [2.45, 2.75) is 12.5 Å². The Morgan fingerprint density at radius 1 is 0.840 bits per heavy atom. The third-order valence-corrected chi connectivity index (χ3v) is 3.85. The molecule has 6 heteroatoms. The molecule has 0 aliphatic rings. The zero-order chi connectivity index (χ0) is 18.1. The number of carboxylic acid groups (broad SMARTS) is 1. The highest BCUT2D eigenvalue weighted by molar-refractivity contribution is 7.61. The van der Waals surface area contributed by atoms with E-state index in [2.05, 4.69) is 52.9 Å². The second-order valence-electron chi connectivity index (χ2n) is 5.19. The Hall–Kier alpha value is -2.99. The second-order valence-corrected chi connectivity index (χ2v) is 5.84. The van der Waals surface area contributed by atoms with Crippen molar-refractivity contribution in [3.05, 3.63) is 84.4 Å². The van der Waals surface area contributed by atoms with Gasteiger partial charge in [-0.25, -0.2) is 0 Å². The van der Waals surface area contributed by atoms with Gasteiger partial charge in [0.1, 0.15) is 6.04 Å². The molecule has 1 unspecified atom stereocenters. The topological polar surface area (TPSA) is 83.8 Å². The highest BCUT2D eigenvalue weighted by Crippen LogP contribution is 2.20. The third-order valence-electron chi connectivity index (χ3n) is 3.42. The molecular formula is C19H17NO4S. The van der Waals surface area contributed by atoms with E-state index in [4.69, 9.17) is 5.11 Å². The van der Waals surface area contributed by atoms with Crippen molar-refractivity contribution in [2.24, 2.45) is 4.36 Å². The van der Waals surface area contributed by atoms with Crippen LogP contribution in [0.1, 0.15) is 18.0 Å². The van der Waals surface area contributed by atoms with Crippen LogP contribution in [0.4, 0.5) is 0 Å². The maximum atomic E-state index is 10.5. The number of nitrogens with zero attached hydrogens (tertiary/aromatic N) is 1. The minimum atomic E-state index is -2.60. The number of fused-ring (bicyclic) bond motifs is 1. The molecule has 0 saturated carbocycles. The number of rotatable bonds is 4. The fourth-order valence-corrected chi connectivity index (χ4v) is 2.70. The van der Waals surface area contributed by atoms with Crippen molar-refractivity contribution in [3.8, 4) is 0 Å². The lowest BCUT2D eigenvalue weighted by Crippen LogP contribution is -2.03. The predicted molar refractivity (Wildman–Crippen MR) is 96.7 cm³/mol. The van der Waals surface area contributed by atoms with Crippen molar-refractivity contribution in [3.63, 3.8) is 0 Å². The van der Waals surface area contributed by atoms with Crippen LogP contribution < -0.4 is 0 Å². The number of carboxylic acids is 1. The number of hydrogen-bond donors (Lipinski definition) is 1. The smallest absolute Gasteiger partial charge is 0.311 e. The maximum Gasteiger partial charge on any atom is 0.311 e. The number of aliphatic carboxylic acids is 1. The van der Waals surface area contributed by atoms with Gasteiger partial charge in [0.05, 0.1) is 6.42 Å². The van der Waals surface area contributed by atoms with E-state index in [0.717, 1.165) is 0 Å². The van der Waals surface area contributed by atoms with Crippen LogP contribution in [0.25, 0.3) is 10.8 Å². The van der Waals surface area contributed by atoms with Gasteiger partial charge in [0, 0.05) is 0 Å². The van der Waals surface area contributed by atoms with Gasteiger partial charge in [-0.05, 0) is 16.3 Å². The maximum absolute atomic E-state index is 10.5. The lowest BCUT2D eigenvalue weighted by Gasteiger charge is -2.06. The average molecular weight is 355 g/mol. The average Bonchev–Trinajstić information content (AvgIpc) is 2.62. The first-order valence-corrected chi connectivity index (χ1v) is 8.60. The Labute approximate surface area is 147 Å². The fraction of sp³-hybridized carbons (Fsp3) is 0.105. The Bertz CT molecular complexity index is 895. The van der Waals surface area contributed by atoms with Crippen LogP contribution in [0.5, 0.6) is 0 Å². The molecule has 0 heterocycles. The van der Waals surface area contributed by atoms with E-state index in [0.29, 0.717) is 5.56 Å². The summed E-state index contributed by atoms with van der Waals surface area (Å²) in [5.41, 5.74) is 0.573. The minimum absolute atomic E-state index is 0.335. The summed E-state index contributed by atoms with van der Waals surface area (Å²) >= 11 is 0. The molecule has 0 radical (unpaired) electrons. The molecule has 1 atom stereocenters. The summed E-state index contributed by atoms with van der Waals surface area (Å²) in [5.74, 6) is -1.09. The van der Waals surface area contributed by atoms with Crippen LogP contribution >= 0.6 is 0 Å². The fourth-order valence-electron chi connectivity index (χ4n) is 2.29. The quantitative estimate of drug-likeness (QED) is 0.763. The summed E-state index contributed by atoms with van der Waals surface area (Å²) in [6, 6.07) is 24.3. The first kappa shape index (κ1) is 18.4. The van der Waals surface area contributed by atoms with Crippen LogP contribution in [0, 0.1) is 0 Å². The molecule has 5 nitrogen and oxygen atoms in total. The first-order valence-electron chi connectivity index (χ1n) is 7.57. The predicted octanol–water partition coefficient (Wildman–Crippen LogP) is 4.10. The molecule has 128 valence electrons. The molecular weight excluding hydrogens is 338 g/mol. The zero-order valence-electron chi connectivity index (χ0n) is 13.3. The van der Waals surface area contributed by atoms with Crippen LogP contribution in [-0.4, -0.2) is 19.5 Å². The van der Waals surface area contributed by atoms with Gasteiger partial charge in [-0.3, -0.25) is 4.79 Å². The Kier molecular flexibility index (Phi) is 6.86. The molecule has 3 aromatic rings. The molecule has 0 amide bonds. The van der Waals surface area contributed by atoms with Gasteiger partial charge in [0.15, 0.2) is 0 Å². The van der Waals surface area contributed by atoms with E-state index >= 15 is 0 Å². The van der Waals surface area contributed by atoms with Gasteiger partial charge < -0.3 is 5.11 Å². The normalized spacial score (nSPS) is 11.0. The Morgan fingerprint density at radius 2 is 1.28 bits per heavy atom. The highest BCUT2D eigenvalue weighted by atomic mass is 32.2. The lowest BCUT2D eigenvalue weighted by atomic mass is 10.1. The van der Waals surface area contributed by atoms with Gasteiger partial charge >= 0.3 is 16.5 Å². The molecule has 0 saturated heterocycles. The summed E-state index contributed by atoms with van der Waals surface area (Å²) in [7, 11) is -2.60. The third kappa shape index (κ3) is 6.19. The van der Waals surface area contributed by atoms with Gasteiger partial charge in [0.25, 0.3) is 0 Å². The molecule has 0 aliphatic carbocycles. The number of hydrogen-bond acceptors (Lipinski definition) is 4. The summed E-state index contributed by atoms with van der Waals surface area (Å²) in [4.78, 5) is 10.5. The molecule has 0 bridgehead atoms. The van der Waals surface area contributed by atoms with Gasteiger partial charge in [-0.15, -0.1) is 0 Å². The van der Waals surface area contributed by atoms with E-state index in [1.54, 1.807) is 30.3 Å². The summed E-state index contributed by atoms with van der Waals surface area (Å²) in [6.07, 6.45) is -0.335. The Balaban J connectivity index is 0.000000194. The molecule has 0 fully saturated rings. The van der Waals surface area contributed by atoms with Crippen LogP contribution in [0.15, 0.2) is 83.2 Å². The van der Waals surface area contributed by atoms with Crippen LogP contribution in [0.3, 0.4) is 0 Å². The van der Waals surface area contributed by atoms with E-state index in [9.17, 15) is 13.2 Å². The second kappa shape index (κ2) is 9.34. The van der Waals surface area contributed by atoms with Crippen LogP contribution in [0.2, 0.25) is 0 Å². The van der Waals surface area contributed by atoms with Crippen LogP contribution in [-0.2, 0) is 15.3 Å². The lowest BCUT2D eigenvalue weighted by molar-refractivity contribution is -0.137. The molecule has 0 aliphatic heterocycles. The standard InChI is InChI=1S/C10H8.C9H9NO4S/c1-2-6-10-8-4-3-7-9(10)5-1;11-9(12)6-8(10-15(13)14)7-4-2-1-3-5-7/h1-8H;1-5,8H,6H2,(H,11,12). The monoisotopic (exact) mass is 355 g/mol. The summed E-state index contributed by atoms with van der Waals surface area (Å²) in [5, 5.41) is 11.2. The zero-order valence-corrected chi connectivity index (χ0v) is 14.1. The van der Waals surface area contributed by atoms with Gasteiger partial charge in [0.2, 0.25) is 0 Å². The number of carbonyl (C=O) groups is 1.